The summed E-state index contributed by atoms with van der Waals surface area (Å²) in [5.41, 5.74) is 6.42. The summed E-state index contributed by atoms with van der Waals surface area (Å²) < 4.78 is 20.2. The van der Waals surface area contributed by atoms with E-state index < -0.39 is 6.17 Å². The van der Waals surface area contributed by atoms with Gasteiger partial charge in [-0.25, -0.2) is 4.39 Å². The number of ether oxygens (including phenoxy) is 1. The van der Waals surface area contributed by atoms with Crippen LogP contribution < -0.4 is 9.64 Å². The average molecular weight is 559 g/mol. The van der Waals surface area contributed by atoms with E-state index in [-0.39, 0.29) is 29.8 Å². The zero-order valence-corrected chi connectivity index (χ0v) is 24.1. The average Bonchev–Trinajstić information content (AvgIpc) is 3.48. The van der Waals surface area contributed by atoms with E-state index in [4.69, 9.17) is 14.7 Å². The fourth-order valence-corrected chi connectivity index (χ4v) is 7.51. The predicted octanol–water partition coefficient (Wildman–Crippen LogP) is 3.70. The fourth-order valence-electron chi connectivity index (χ4n) is 7.51. The topological polar surface area (TPSA) is 85.6 Å². The number of alkyl halides is 1. The van der Waals surface area contributed by atoms with E-state index >= 15 is 0 Å². The van der Waals surface area contributed by atoms with Gasteiger partial charge in [0, 0.05) is 43.2 Å². The second-order valence-electron chi connectivity index (χ2n) is 12.3. The lowest BCUT2D eigenvalue weighted by molar-refractivity contribution is -0.128. The molecule has 1 aromatic carbocycles. The summed E-state index contributed by atoms with van der Waals surface area (Å²) in [6, 6.07) is 9.18. The lowest BCUT2D eigenvalue weighted by atomic mass is 9.69. The quantitative estimate of drug-likeness (QED) is 0.500. The van der Waals surface area contributed by atoms with Crippen molar-refractivity contribution in [1.29, 1.82) is 5.26 Å². The van der Waals surface area contributed by atoms with Gasteiger partial charge >= 0.3 is 6.01 Å². The SMILES string of the molecule is C=CC(=O)N1CCN(c2nc(OCC3CC(F)CN3C)nc3c2CCC2(CCc4cc(C)ccc42)C3)CC1CC#N. The summed E-state index contributed by atoms with van der Waals surface area (Å²) in [6.07, 6.45) is 6.09. The summed E-state index contributed by atoms with van der Waals surface area (Å²) in [5.74, 6) is 0.696. The van der Waals surface area contributed by atoms with Crippen LogP contribution in [0, 0.1) is 18.3 Å². The van der Waals surface area contributed by atoms with Crippen molar-refractivity contribution in [3.05, 3.63) is 58.8 Å². The number of halogens is 1. The normalized spacial score (nSPS) is 27.4. The molecule has 4 atom stereocenters. The van der Waals surface area contributed by atoms with Crippen LogP contribution in [0.4, 0.5) is 10.2 Å². The minimum Gasteiger partial charge on any atom is -0.462 e. The molecule has 216 valence electrons. The first-order valence-corrected chi connectivity index (χ1v) is 14.8. The van der Waals surface area contributed by atoms with E-state index in [0.29, 0.717) is 45.2 Å². The number of rotatable bonds is 6. The third kappa shape index (κ3) is 5.19. The third-order valence-electron chi connectivity index (χ3n) is 9.72. The molecule has 41 heavy (non-hydrogen) atoms. The number of aromatic nitrogens is 2. The summed E-state index contributed by atoms with van der Waals surface area (Å²) in [7, 11) is 1.93. The number of likely N-dealkylation sites (tertiary alicyclic amines) is 1. The molecule has 2 aliphatic heterocycles. The summed E-state index contributed by atoms with van der Waals surface area (Å²) in [5, 5.41) is 9.50. The number of likely N-dealkylation sites (N-methyl/N-ethyl adjacent to an activating group) is 1. The molecule has 1 aromatic heterocycles. The number of nitrogens with zero attached hydrogens (tertiary/aromatic N) is 6. The van der Waals surface area contributed by atoms with Crippen LogP contribution in [0.3, 0.4) is 0 Å². The highest BCUT2D eigenvalue weighted by atomic mass is 19.1. The van der Waals surface area contributed by atoms with E-state index in [1.165, 1.54) is 22.8 Å². The number of nitriles is 1. The first kappa shape index (κ1) is 27.6. The fraction of sp³-hybridized carbons (Fsp3) is 0.562. The molecule has 8 nitrogen and oxygen atoms in total. The molecule has 0 radical (unpaired) electrons. The van der Waals surface area contributed by atoms with Crippen molar-refractivity contribution in [2.75, 3.05) is 44.7 Å². The Kier molecular flexibility index (Phi) is 7.45. The molecule has 0 N–H and O–H groups in total. The van der Waals surface area contributed by atoms with Crippen LogP contribution in [-0.2, 0) is 29.5 Å². The number of carbonyl (C=O) groups is 1. The summed E-state index contributed by atoms with van der Waals surface area (Å²) in [4.78, 5) is 28.4. The Bertz CT molecular complexity index is 1390. The number of fused-ring (bicyclic) bond motifs is 3. The number of amides is 1. The van der Waals surface area contributed by atoms with Crippen molar-refractivity contribution >= 4 is 11.7 Å². The standard InChI is InChI=1S/C32H39FN6O2/c1-4-29(40)39-14-13-38(19-24(39)9-12-34)30-26-8-11-32(10-7-22-15-21(2)5-6-27(22)32)17-28(26)35-31(36-30)41-20-25-16-23(33)18-37(25)3/h4-6,15,23-25H,1,7-11,13-14,16-20H2,2-3H3. The molecule has 2 fully saturated rings. The van der Waals surface area contributed by atoms with Gasteiger partial charge < -0.3 is 14.5 Å². The number of piperazine rings is 1. The van der Waals surface area contributed by atoms with Gasteiger partial charge in [-0.3, -0.25) is 9.69 Å². The first-order valence-electron chi connectivity index (χ1n) is 14.8. The molecule has 6 rings (SSSR count). The Morgan fingerprint density at radius 2 is 2.07 bits per heavy atom. The number of anilines is 1. The number of hydrogen-bond donors (Lipinski definition) is 0. The van der Waals surface area contributed by atoms with E-state index in [1.54, 1.807) is 4.90 Å². The zero-order valence-electron chi connectivity index (χ0n) is 24.1. The molecular formula is C32H39FN6O2. The maximum atomic E-state index is 14.0. The number of hydrogen-bond acceptors (Lipinski definition) is 7. The molecular weight excluding hydrogens is 519 g/mol. The van der Waals surface area contributed by atoms with Crippen LogP contribution in [0.1, 0.15) is 53.6 Å². The Hall–Kier alpha value is -3.51. The Labute approximate surface area is 241 Å². The molecule has 1 spiro atoms. The molecule has 4 aliphatic rings. The van der Waals surface area contributed by atoms with E-state index in [9.17, 15) is 14.4 Å². The highest BCUT2D eigenvalue weighted by Crippen LogP contribution is 2.49. The zero-order chi connectivity index (χ0) is 28.7. The van der Waals surface area contributed by atoms with Gasteiger partial charge in [-0.1, -0.05) is 30.3 Å². The molecule has 4 unspecified atom stereocenters. The number of carbonyl (C=O) groups excluding carboxylic acids is 1. The number of benzene rings is 1. The first-order chi connectivity index (χ1) is 19.8. The maximum Gasteiger partial charge on any atom is 0.318 e. The second kappa shape index (κ2) is 11.1. The molecule has 2 aromatic rings. The van der Waals surface area contributed by atoms with Crippen LogP contribution in [-0.4, -0.2) is 83.8 Å². The van der Waals surface area contributed by atoms with E-state index in [0.717, 1.165) is 49.2 Å². The van der Waals surface area contributed by atoms with Crippen LogP contribution in [0.2, 0.25) is 0 Å². The molecule has 0 saturated carbocycles. The van der Waals surface area contributed by atoms with Gasteiger partial charge in [0.05, 0.1) is 24.2 Å². The van der Waals surface area contributed by atoms with Gasteiger partial charge in [-0.15, -0.1) is 0 Å². The Morgan fingerprint density at radius 1 is 1.24 bits per heavy atom. The minimum absolute atomic E-state index is 0.0159. The summed E-state index contributed by atoms with van der Waals surface area (Å²) >= 11 is 0. The van der Waals surface area contributed by atoms with E-state index in [2.05, 4.69) is 42.7 Å². The largest absolute Gasteiger partial charge is 0.462 e. The van der Waals surface area contributed by atoms with Crippen LogP contribution in [0.25, 0.3) is 0 Å². The van der Waals surface area contributed by atoms with E-state index in [1.807, 2.05) is 11.9 Å². The third-order valence-corrected chi connectivity index (χ3v) is 9.72. The summed E-state index contributed by atoms with van der Waals surface area (Å²) in [6.45, 7) is 8.16. The van der Waals surface area contributed by atoms with Gasteiger partial charge in [-0.05, 0) is 69.7 Å². The Morgan fingerprint density at radius 3 is 2.83 bits per heavy atom. The van der Waals surface area contributed by atoms with Crippen molar-refractivity contribution in [3.8, 4) is 12.1 Å². The molecule has 0 bridgehead atoms. The van der Waals surface area contributed by atoms with Crippen molar-refractivity contribution in [3.63, 3.8) is 0 Å². The monoisotopic (exact) mass is 558 g/mol. The highest BCUT2D eigenvalue weighted by molar-refractivity contribution is 5.87. The molecule has 2 aliphatic carbocycles. The van der Waals surface area contributed by atoms with Gasteiger partial charge in [0.15, 0.2) is 0 Å². The smallest absolute Gasteiger partial charge is 0.318 e. The molecule has 2 saturated heterocycles. The van der Waals surface area contributed by atoms with Crippen LogP contribution in [0.15, 0.2) is 30.9 Å². The van der Waals surface area contributed by atoms with Crippen molar-refractivity contribution in [1.82, 2.24) is 19.8 Å². The van der Waals surface area contributed by atoms with Gasteiger partial charge in [0.1, 0.15) is 18.6 Å². The lowest BCUT2D eigenvalue weighted by Crippen LogP contribution is -2.55. The number of aryl methyl sites for hydroxylation is 2. The maximum absolute atomic E-state index is 14.0. The van der Waals surface area contributed by atoms with Gasteiger partial charge in [-0.2, -0.15) is 15.2 Å². The molecule has 3 heterocycles. The minimum atomic E-state index is -0.841. The van der Waals surface area contributed by atoms with Crippen LogP contribution >= 0.6 is 0 Å². The highest BCUT2D eigenvalue weighted by Gasteiger charge is 2.43. The Balaban J connectivity index is 1.33. The van der Waals surface area contributed by atoms with Crippen molar-refractivity contribution in [2.24, 2.45) is 0 Å². The lowest BCUT2D eigenvalue weighted by Gasteiger charge is -2.42. The van der Waals surface area contributed by atoms with Crippen molar-refractivity contribution in [2.45, 2.75) is 75.5 Å². The van der Waals surface area contributed by atoms with Crippen molar-refractivity contribution < 1.29 is 13.9 Å². The predicted molar refractivity (Wildman–Crippen MR) is 155 cm³/mol. The molecule has 9 heteroatoms. The molecule has 1 amide bonds. The second-order valence-corrected chi connectivity index (χ2v) is 12.3. The van der Waals surface area contributed by atoms with Crippen LogP contribution in [0.5, 0.6) is 6.01 Å². The van der Waals surface area contributed by atoms with Gasteiger partial charge in [0.25, 0.3) is 0 Å². The van der Waals surface area contributed by atoms with Gasteiger partial charge in [0.2, 0.25) is 5.91 Å².